The van der Waals surface area contributed by atoms with E-state index in [-0.39, 0.29) is 11.9 Å². The molecule has 0 bridgehead atoms. The maximum atomic E-state index is 12.4. The van der Waals surface area contributed by atoms with Crippen LogP contribution in [0.5, 0.6) is 0 Å². The molecule has 2 atom stereocenters. The third-order valence-electron chi connectivity index (χ3n) is 5.38. The zero-order valence-electron chi connectivity index (χ0n) is 16.7. The van der Waals surface area contributed by atoms with Crippen LogP contribution in [0.3, 0.4) is 0 Å². The Morgan fingerprint density at radius 3 is 2.38 bits per heavy atom. The summed E-state index contributed by atoms with van der Waals surface area (Å²) in [6.07, 6.45) is 5.95. The highest BCUT2D eigenvalue weighted by molar-refractivity contribution is 5.75. The maximum absolute atomic E-state index is 12.4. The first kappa shape index (κ1) is 22.9. The maximum Gasteiger partial charge on any atom is 0.350 e. The number of aliphatic hydroxyl groups is 1. The SMILES string of the molecule is COC(=O)CCCCCC(O)C(C)C(C)(C)C(=O)OON1CCCCC1. The minimum Gasteiger partial charge on any atom is -0.469 e. The second-order valence-electron chi connectivity index (χ2n) is 7.69. The van der Waals surface area contributed by atoms with Gasteiger partial charge in [0.25, 0.3) is 0 Å². The summed E-state index contributed by atoms with van der Waals surface area (Å²) in [7, 11) is 1.38. The fourth-order valence-corrected chi connectivity index (χ4v) is 2.95. The molecule has 0 amide bonds. The van der Waals surface area contributed by atoms with Crippen LogP contribution in [0.25, 0.3) is 0 Å². The van der Waals surface area contributed by atoms with Gasteiger partial charge in [-0.1, -0.05) is 31.2 Å². The van der Waals surface area contributed by atoms with Gasteiger partial charge in [-0.15, -0.1) is 5.06 Å². The molecule has 0 saturated carbocycles. The highest BCUT2D eigenvalue weighted by Crippen LogP contribution is 2.33. The van der Waals surface area contributed by atoms with Crippen molar-refractivity contribution in [1.29, 1.82) is 0 Å². The average molecular weight is 373 g/mol. The molecule has 0 spiro atoms. The zero-order valence-corrected chi connectivity index (χ0v) is 16.7. The largest absolute Gasteiger partial charge is 0.469 e. The van der Waals surface area contributed by atoms with Gasteiger partial charge in [0.2, 0.25) is 0 Å². The van der Waals surface area contributed by atoms with Crippen molar-refractivity contribution in [2.45, 2.75) is 78.2 Å². The van der Waals surface area contributed by atoms with E-state index in [1.807, 2.05) is 6.92 Å². The van der Waals surface area contributed by atoms with Crippen LogP contribution in [0.15, 0.2) is 0 Å². The van der Waals surface area contributed by atoms with E-state index in [1.54, 1.807) is 18.9 Å². The standard InChI is InChI=1S/C19H35NO6/c1-15(16(21)11-7-5-8-12-17(22)24-4)19(2,3)18(23)25-26-20-13-9-6-10-14-20/h15-16,21H,5-14H2,1-4H3. The Kier molecular flexibility index (Phi) is 10.1. The van der Waals surface area contributed by atoms with Gasteiger partial charge >= 0.3 is 11.9 Å². The van der Waals surface area contributed by atoms with Crippen LogP contribution in [0, 0.1) is 11.3 Å². The number of carbonyl (C=O) groups is 2. The quantitative estimate of drug-likeness (QED) is 0.258. The molecular formula is C19H35NO6. The Morgan fingerprint density at radius 1 is 1.12 bits per heavy atom. The fourth-order valence-electron chi connectivity index (χ4n) is 2.95. The van der Waals surface area contributed by atoms with Crippen molar-refractivity contribution in [2.24, 2.45) is 11.3 Å². The van der Waals surface area contributed by atoms with Crippen LogP contribution < -0.4 is 0 Å². The molecule has 1 rings (SSSR count). The number of nitrogens with zero attached hydrogens (tertiary/aromatic N) is 1. The summed E-state index contributed by atoms with van der Waals surface area (Å²) < 4.78 is 4.60. The van der Waals surface area contributed by atoms with Gasteiger partial charge in [-0.25, -0.2) is 4.79 Å². The van der Waals surface area contributed by atoms with E-state index >= 15 is 0 Å². The van der Waals surface area contributed by atoms with Crippen molar-refractivity contribution in [2.75, 3.05) is 20.2 Å². The molecule has 1 saturated heterocycles. The van der Waals surface area contributed by atoms with Gasteiger partial charge in [0, 0.05) is 19.5 Å². The predicted octanol–water partition coefficient (Wildman–Crippen LogP) is 3.01. The van der Waals surface area contributed by atoms with Crippen LogP contribution in [-0.4, -0.2) is 48.4 Å². The lowest BCUT2D eigenvalue weighted by Crippen LogP contribution is -2.41. The molecule has 152 valence electrons. The average Bonchev–Trinajstić information content (AvgIpc) is 2.65. The molecule has 7 heteroatoms. The van der Waals surface area contributed by atoms with Crippen LogP contribution in [0.2, 0.25) is 0 Å². The lowest BCUT2D eigenvalue weighted by Gasteiger charge is -2.33. The Morgan fingerprint density at radius 2 is 1.77 bits per heavy atom. The Balaban J connectivity index is 2.32. The molecule has 1 aliphatic rings. The number of hydrogen-bond acceptors (Lipinski definition) is 7. The molecule has 1 N–H and O–H groups in total. The zero-order chi connectivity index (χ0) is 19.6. The van der Waals surface area contributed by atoms with Crippen LogP contribution >= 0.6 is 0 Å². The van der Waals surface area contributed by atoms with Gasteiger partial charge in [0.1, 0.15) is 0 Å². The smallest absolute Gasteiger partial charge is 0.350 e. The summed E-state index contributed by atoms with van der Waals surface area (Å²) in [4.78, 5) is 33.7. The van der Waals surface area contributed by atoms with E-state index in [9.17, 15) is 14.7 Å². The number of unbranched alkanes of at least 4 members (excludes halogenated alkanes) is 2. The van der Waals surface area contributed by atoms with Crippen molar-refractivity contribution in [3.8, 4) is 0 Å². The molecule has 0 radical (unpaired) electrons. The first-order chi connectivity index (χ1) is 12.3. The van der Waals surface area contributed by atoms with Crippen LogP contribution in [0.4, 0.5) is 0 Å². The van der Waals surface area contributed by atoms with E-state index in [0.29, 0.717) is 12.8 Å². The van der Waals surface area contributed by atoms with E-state index in [2.05, 4.69) is 4.74 Å². The highest BCUT2D eigenvalue weighted by atomic mass is 17.3. The molecule has 0 aromatic heterocycles. The number of ether oxygens (including phenoxy) is 1. The Hall–Kier alpha value is -1.18. The summed E-state index contributed by atoms with van der Waals surface area (Å²) >= 11 is 0. The van der Waals surface area contributed by atoms with E-state index in [1.165, 1.54) is 13.5 Å². The molecule has 1 heterocycles. The minimum atomic E-state index is -0.860. The predicted molar refractivity (Wildman–Crippen MR) is 96.7 cm³/mol. The van der Waals surface area contributed by atoms with Crippen molar-refractivity contribution in [3.05, 3.63) is 0 Å². The van der Waals surface area contributed by atoms with Crippen LogP contribution in [-0.2, 0) is 24.2 Å². The van der Waals surface area contributed by atoms with Crippen molar-refractivity contribution in [1.82, 2.24) is 5.06 Å². The fraction of sp³-hybridized carbons (Fsp3) is 0.895. The van der Waals surface area contributed by atoms with E-state index < -0.39 is 17.5 Å². The lowest BCUT2D eigenvalue weighted by atomic mass is 9.76. The summed E-state index contributed by atoms with van der Waals surface area (Å²) in [5, 5.41) is 12.1. The monoisotopic (exact) mass is 373 g/mol. The molecule has 2 unspecified atom stereocenters. The number of carbonyl (C=O) groups excluding carboxylic acids is 2. The van der Waals surface area contributed by atoms with Crippen molar-refractivity contribution < 1.29 is 29.3 Å². The number of piperidine rings is 1. The molecule has 1 fully saturated rings. The van der Waals surface area contributed by atoms with Gasteiger partial charge in [-0.3, -0.25) is 9.68 Å². The topological polar surface area (TPSA) is 85.3 Å². The third-order valence-corrected chi connectivity index (χ3v) is 5.38. The number of esters is 1. The Labute approximate surface area is 156 Å². The molecule has 26 heavy (non-hydrogen) atoms. The first-order valence-electron chi connectivity index (χ1n) is 9.68. The van der Waals surface area contributed by atoms with Crippen molar-refractivity contribution in [3.63, 3.8) is 0 Å². The molecular weight excluding hydrogens is 338 g/mol. The third kappa shape index (κ3) is 7.60. The molecule has 0 aliphatic carbocycles. The Bertz CT molecular complexity index is 434. The van der Waals surface area contributed by atoms with Gasteiger partial charge in [-0.2, -0.15) is 0 Å². The summed E-state index contributed by atoms with van der Waals surface area (Å²) in [5.74, 6) is -0.961. The van der Waals surface area contributed by atoms with E-state index in [0.717, 1.165) is 45.2 Å². The molecule has 0 aromatic rings. The summed E-state index contributed by atoms with van der Waals surface area (Å²) in [6.45, 7) is 6.90. The van der Waals surface area contributed by atoms with Gasteiger partial charge in [0.15, 0.2) is 0 Å². The van der Waals surface area contributed by atoms with Gasteiger partial charge in [-0.05, 0) is 45.4 Å². The van der Waals surface area contributed by atoms with Gasteiger partial charge < -0.3 is 9.84 Å². The normalized spacial score (nSPS) is 18.2. The first-order valence-corrected chi connectivity index (χ1v) is 9.68. The number of hydroxylamine groups is 2. The number of aliphatic hydroxyl groups excluding tert-OH is 1. The van der Waals surface area contributed by atoms with E-state index in [4.69, 9.17) is 9.88 Å². The van der Waals surface area contributed by atoms with Crippen LogP contribution in [0.1, 0.15) is 72.1 Å². The second kappa shape index (κ2) is 11.5. The summed E-state index contributed by atoms with van der Waals surface area (Å²) in [5.41, 5.74) is -0.860. The lowest BCUT2D eigenvalue weighted by molar-refractivity contribution is -0.405. The number of methoxy groups -OCH3 is 1. The minimum absolute atomic E-state index is 0.212. The van der Waals surface area contributed by atoms with Crippen molar-refractivity contribution >= 4 is 11.9 Å². The summed E-state index contributed by atoms with van der Waals surface area (Å²) in [6, 6.07) is 0. The second-order valence-corrected chi connectivity index (χ2v) is 7.69. The molecule has 0 aromatic carbocycles. The molecule has 7 nitrogen and oxygen atoms in total. The molecule has 1 aliphatic heterocycles. The highest BCUT2D eigenvalue weighted by Gasteiger charge is 2.40. The number of hydrogen-bond donors (Lipinski definition) is 1. The number of rotatable bonds is 11. The van der Waals surface area contributed by atoms with Gasteiger partial charge in [0.05, 0.1) is 18.6 Å².